The van der Waals surface area contributed by atoms with E-state index in [0.717, 1.165) is 0 Å². The van der Waals surface area contributed by atoms with Gasteiger partial charge in [-0.1, -0.05) is 29.3 Å². The van der Waals surface area contributed by atoms with E-state index in [1.807, 2.05) is 0 Å². The summed E-state index contributed by atoms with van der Waals surface area (Å²) in [5, 5.41) is 3.64. The Balaban J connectivity index is 1.83. The van der Waals surface area contributed by atoms with Crippen LogP contribution in [-0.4, -0.2) is 35.3 Å². The Bertz CT molecular complexity index is 994. The molecule has 0 spiro atoms. The van der Waals surface area contributed by atoms with Crippen molar-refractivity contribution >= 4 is 52.3 Å². The molecule has 0 saturated carbocycles. The van der Waals surface area contributed by atoms with E-state index in [-0.39, 0.29) is 24.7 Å². The maximum absolute atomic E-state index is 13.3. The Kier molecular flexibility index (Phi) is 4.13. The van der Waals surface area contributed by atoms with E-state index in [1.165, 1.54) is 16.8 Å². The number of likely N-dealkylation sites (N-methyl/N-ethyl adjacent to an activating group) is 1. The molecule has 27 heavy (non-hydrogen) atoms. The third kappa shape index (κ3) is 2.59. The predicted molar refractivity (Wildman–Crippen MR) is 103 cm³/mol. The van der Waals surface area contributed by atoms with Gasteiger partial charge in [-0.2, -0.15) is 0 Å². The largest absolute Gasteiger partial charge is 0.322 e. The molecule has 138 valence electrons. The number of nitrogens with zero attached hydrogens (tertiary/aromatic N) is 2. The molecule has 1 fully saturated rings. The number of hydrogen-bond acceptors (Lipinski definition) is 3. The minimum Gasteiger partial charge on any atom is -0.322 e. The first-order valence-corrected chi connectivity index (χ1v) is 9.08. The van der Waals surface area contributed by atoms with Crippen molar-refractivity contribution in [3.05, 3.63) is 58.1 Å². The molecule has 4 rings (SSSR count). The number of nitrogens with one attached hydrogen (secondary N) is 1. The third-order valence-corrected chi connectivity index (χ3v) is 5.51. The Morgan fingerprint density at radius 3 is 2.59 bits per heavy atom. The van der Waals surface area contributed by atoms with Gasteiger partial charge in [0.05, 0.1) is 11.3 Å². The molecule has 2 aliphatic rings. The molecule has 0 bridgehead atoms. The number of amides is 3. The molecular weight excluding hydrogens is 389 g/mol. The van der Waals surface area contributed by atoms with E-state index in [2.05, 4.69) is 5.32 Å². The second-order valence-electron chi connectivity index (χ2n) is 6.54. The fraction of sp³-hybridized carbons (Fsp3) is 0.211. The zero-order valence-corrected chi connectivity index (χ0v) is 15.8. The Morgan fingerprint density at radius 1 is 1.11 bits per heavy atom. The molecule has 2 heterocycles. The fourth-order valence-corrected chi connectivity index (χ4v) is 4.10. The number of fused-ring (bicyclic) bond motifs is 3. The van der Waals surface area contributed by atoms with Gasteiger partial charge >= 0.3 is 0 Å². The minimum absolute atomic E-state index is 0.145. The van der Waals surface area contributed by atoms with Gasteiger partial charge < -0.3 is 10.2 Å². The first-order chi connectivity index (χ1) is 12.8. The van der Waals surface area contributed by atoms with Gasteiger partial charge in [0.15, 0.2) is 0 Å². The number of carbonyl (C=O) groups is 3. The normalized spacial score (nSPS) is 21.1. The average molecular weight is 404 g/mol. The van der Waals surface area contributed by atoms with Crippen LogP contribution < -0.4 is 10.2 Å². The summed E-state index contributed by atoms with van der Waals surface area (Å²) in [5.74, 6) is -1.05. The van der Waals surface area contributed by atoms with Crippen LogP contribution in [0.1, 0.15) is 23.2 Å². The maximum atomic E-state index is 13.3. The SMILES string of the molecule is CN1C(=O)c2ccc(Cl)cc2N2C(=O)CC[C@@]12C(=O)Nc1cccc(Cl)c1. The molecule has 0 radical (unpaired) electrons. The molecule has 1 N–H and O–H groups in total. The van der Waals surface area contributed by atoms with Gasteiger partial charge in [-0.15, -0.1) is 0 Å². The highest BCUT2D eigenvalue weighted by Crippen LogP contribution is 2.45. The van der Waals surface area contributed by atoms with Gasteiger partial charge in [0.25, 0.3) is 11.8 Å². The van der Waals surface area contributed by atoms with Gasteiger partial charge in [-0.25, -0.2) is 0 Å². The summed E-state index contributed by atoms with van der Waals surface area (Å²) in [6.07, 6.45) is 0.332. The number of carbonyl (C=O) groups excluding carboxylic acids is 3. The van der Waals surface area contributed by atoms with E-state index in [0.29, 0.717) is 27.0 Å². The second-order valence-corrected chi connectivity index (χ2v) is 7.41. The van der Waals surface area contributed by atoms with Crippen LogP contribution in [0.4, 0.5) is 11.4 Å². The molecule has 3 amide bonds. The molecular formula is C19H15Cl2N3O3. The fourth-order valence-electron chi connectivity index (χ4n) is 3.75. The number of benzene rings is 2. The molecule has 2 aromatic carbocycles. The first-order valence-electron chi connectivity index (χ1n) is 8.32. The Morgan fingerprint density at radius 2 is 1.85 bits per heavy atom. The van der Waals surface area contributed by atoms with E-state index in [1.54, 1.807) is 42.5 Å². The average Bonchev–Trinajstić information content (AvgIpc) is 2.98. The monoisotopic (exact) mass is 403 g/mol. The third-order valence-electron chi connectivity index (χ3n) is 5.04. The first kappa shape index (κ1) is 17.8. The van der Waals surface area contributed by atoms with Crippen LogP contribution in [0.3, 0.4) is 0 Å². The molecule has 0 aliphatic carbocycles. The van der Waals surface area contributed by atoms with Crippen molar-refractivity contribution in [2.75, 3.05) is 17.3 Å². The molecule has 2 aromatic rings. The second kappa shape index (κ2) is 6.25. The summed E-state index contributed by atoms with van der Waals surface area (Å²) < 4.78 is 0. The highest BCUT2D eigenvalue weighted by molar-refractivity contribution is 6.32. The summed E-state index contributed by atoms with van der Waals surface area (Å²) >= 11 is 12.1. The summed E-state index contributed by atoms with van der Waals surface area (Å²) in [5.41, 5.74) is -0.273. The molecule has 1 atom stereocenters. The quantitative estimate of drug-likeness (QED) is 0.833. The predicted octanol–water partition coefficient (Wildman–Crippen LogP) is 3.54. The molecule has 0 unspecified atom stereocenters. The van der Waals surface area contributed by atoms with Gasteiger partial charge in [-0.05, 0) is 36.4 Å². The topological polar surface area (TPSA) is 69.7 Å². The molecule has 1 saturated heterocycles. The molecule has 8 heteroatoms. The summed E-state index contributed by atoms with van der Waals surface area (Å²) in [6, 6.07) is 11.4. The van der Waals surface area contributed by atoms with E-state index in [4.69, 9.17) is 23.2 Å². The van der Waals surface area contributed by atoms with Gasteiger partial charge in [-0.3, -0.25) is 19.3 Å². The summed E-state index contributed by atoms with van der Waals surface area (Å²) in [7, 11) is 1.53. The van der Waals surface area contributed by atoms with Crippen LogP contribution in [0.2, 0.25) is 10.0 Å². The Labute approximate surface area is 165 Å². The maximum Gasteiger partial charge on any atom is 0.271 e. The van der Waals surface area contributed by atoms with E-state index in [9.17, 15) is 14.4 Å². The standard InChI is InChI=1S/C19H15Cl2N3O3/c1-23-17(26)14-6-5-12(21)10-15(14)24-16(25)7-8-19(23,24)18(27)22-13-4-2-3-11(20)9-13/h2-6,9-10H,7-8H2,1H3,(H,22,27)/t19-/m1/s1. The van der Waals surface area contributed by atoms with Crippen LogP contribution in [0.25, 0.3) is 0 Å². The van der Waals surface area contributed by atoms with Crippen molar-refractivity contribution in [3.8, 4) is 0 Å². The smallest absolute Gasteiger partial charge is 0.271 e. The van der Waals surface area contributed by atoms with Crippen molar-refractivity contribution < 1.29 is 14.4 Å². The van der Waals surface area contributed by atoms with Crippen molar-refractivity contribution in [3.63, 3.8) is 0 Å². The van der Waals surface area contributed by atoms with Gasteiger partial charge in [0.2, 0.25) is 11.6 Å². The van der Waals surface area contributed by atoms with E-state index < -0.39 is 11.6 Å². The lowest BCUT2D eigenvalue weighted by Crippen LogP contribution is -2.68. The van der Waals surface area contributed by atoms with E-state index >= 15 is 0 Å². The minimum atomic E-state index is -1.45. The van der Waals surface area contributed by atoms with Crippen molar-refractivity contribution in [2.45, 2.75) is 18.5 Å². The summed E-state index contributed by atoms with van der Waals surface area (Å²) in [6.45, 7) is 0. The van der Waals surface area contributed by atoms with Crippen LogP contribution in [0, 0.1) is 0 Å². The lowest BCUT2D eigenvalue weighted by molar-refractivity contribution is -0.128. The molecule has 2 aliphatic heterocycles. The van der Waals surface area contributed by atoms with Crippen LogP contribution in [0.15, 0.2) is 42.5 Å². The van der Waals surface area contributed by atoms with Crippen LogP contribution in [0.5, 0.6) is 0 Å². The molecule has 6 nitrogen and oxygen atoms in total. The lowest BCUT2D eigenvalue weighted by Gasteiger charge is -2.47. The number of hydrogen-bond donors (Lipinski definition) is 1. The van der Waals surface area contributed by atoms with Crippen LogP contribution >= 0.6 is 23.2 Å². The zero-order chi connectivity index (χ0) is 19.3. The lowest BCUT2D eigenvalue weighted by atomic mass is 9.96. The highest BCUT2D eigenvalue weighted by atomic mass is 35.5. The number of rotatable bonds is 2. The van der Waals surface area contributed by atoms with Crippen molar-refractivity contribution in [2.24, 2.45) is 0 Å². The van der Waals surface area contributed by atoms with Crippen molar-refractivity contribution in [1.29, 1.82) is 0 Å². The Hall–Kier alpha value is -2.57. The number of anilines is 2. The zero-order valence-electron chi connectivity index (χ0n) is 14.3. The van der Waals surface area contributed by atoms with Gasteiger partial charge in [0.1, 0.15) is 0 Å². The number of halogens is 2. The molecule has 0 aromatic heterocycles. The summed E-state index contributed by atoms with van der Waals surface area (Å²) in [4.78, 5) is 41.6. The van der Waals surface area contributed by atoms with Crippen molar-refractivity contribution in [1.82, 2.24) is 4.90 Å². The van der Waals surface area contributed by atoms with Crippen LogP contribution in [-0.2, 0) is 9.59 Å². The van der Waals surface area contributed by atoms with Gasteiger partial charge in [0, 0.05) is 35.6 Å². The highest BCUT2D eigenvalue weighted by Gasteiger charge is 2.59.